The molecule has 0 aliphatic carbocycles. The smallest absolute Gasteiger partial charge is 0.325 e. The molecule has 3 unspecified atom stereocenters. The van der Waals surface area contributed by atoms with Gasteiger partial charge >= 0.3 is 5.97 Å². The van der Waals surface area contributed by atoms with Crippen LogP contribution in [0.1, 0.15) is 74.6 Å². The van der Waals surface area contributed by atoms with Gasteiger partial charge in [-0.3, -0.25) is 9.69 Å². The van der Waals surface area contributed by atoms with Crippen molar-refractivity contribution < 1.29 is 23.8 Å². The number of nitrogens with zero attached hydrogens (tertiary/aromatic N) is 1. The van der Waals surface area contributed by atoms with E-state index in [0.29, 0.717) is 45.8 Å². The molecule has 7 heteroatoms. The van der Waals surface area contributed by atoms with Gasteiger partial charge in [-0.05, 0) is 75.6 Å². The maximum absolute atomic E-state index is 15.2. The molecular formula is C32H45FN2O4. The predicted octanol–water partition coefficient (Wildman–Crippen LogP) is 6.03. The van der Waals surface area contributed by atoms with Crippen LogP contribution in [0.3, 0.4) is 0 Å². The van der Waals surface area contributed by atoms with Crippen LogP contribution in [-0.4, -0.2) is 61.1 Å². The van der Waals surface area contributed by atoms with Crippen LogP contribution in [0.2, 0.25) is 0 Å². The lowest BCUT2D eigenvalue weighted by Gasteiger charge is -2.29. The summed E-state index contributed by atoms with van der Waals surface area (Å²) in [4.78, 5) is 14.4. The van der Waals surface area contributed by atoms with E-state index in [2.05, 4.69) is 31.0 Å². The Morgan fingerprint density at radius 1 is 1.33 bits per heavy atom. The van der Waals surface area contributed by atoms with Gasteiger partial charge in [0.25, 0.3) is 0 Å². The number of ether oxygens (including phenoxy) is 2. The van der Waals surface area contributed by atoms with Crippen molar-refractivity contribution >= 4 is 5.97 Å². The molecule has 0 radical (unpaired) electrons. The Hall–Kier alpha value is -2.48. The molecule has 0 aromatic heterocycles. The van der Waals surface area contributed by atoms with Crippen LogP contribution in [0, 0.1) is 12.8 Å². The Morgan fingerprint density at radius 3 is 2.87 bits per heavy atom. The largest absolute Gasteiger partial charge is 0.480 e. The summed E-state index contributed by atoms with van der Waals surface area (Å²) in [5.41, 5.74) is 6.30. The van der Waals surface area contributed by atoms with Crippen LogP contribution in [0.4, 0.5) is 4.39 Å². The van der Waals surface area contributed by atoms with Gasteiger partial charge in [-0.1, -0.05) is 54.5 Å². The van der Waals surface area contributed by atoms with E-state index in [1.54, 1.807) is 0 Å². The second kappa shape index (κ2) is 14.2. The molecule has 2 N–H and O–H groups in total. The monoisotopic (exact) mass is 540 g/mol. The quantitative estimate of drug-likeness (QED) is 0.222. The fraction of sp³-hybridized carbons (Fsp3) is 0.594. The van der Waals surface area contributed by atoms with Gasteiger partial charge in [0.05, 0.1) is 19.8 Å². The SMILES string of the molecule is C=C(/C=C\C1=C(C)NCCC1)CCCCC(F)C1CCN(C(C(=O)O)c2cc(C)ccc2COC2COC2)C1. The molecule has 3 aliphatic rings. The zero-order valence-corrected chi connectivity index (χ0v) is 23.6. The van der Waals surface area contributed by atoms with Gasteiger partial charge in [-0.15, -0.1) is 0 Å². The van der Waals surface area contributed by atoms with E-state index in [1.807, 2.05) is 30.0 Å². The minimum atomic E-state index is -0.923. The number of aliphatic carboxylic acids is 1. The molecule has 214 valence electrons. The molecule has 0 bridgehead atoms. The van der Waals surface area contributed by atoms with Crippen LogP contribution in [0.5, 0.6) is 0 Å². The Kier molecular flexibility index (Phi) is 10.8. The van der Waals surface area contributed by atoms with E-state index < -0.39 is 18.2 Å². The van der Waals surface area contributed by atoms with E-state index in [-0.39, 0.29) is 12.0 Å². The van der Waals surface area contributed by atoms with E-state index in [1.165, 1.54) is 11.3 Å². The third-order valence-electron chi connectivity index (χ3n) is 8.29. The number of carboxylic acids is 1. The summed E-state index contributed by atoms with van der Waals surface area (Å²) in [6.07, 6.45) is 9.44. The molecule has 0 saturated carbocycles. The lowest BCUT2D eigenvalue weighted by molar-refractivity contribution is -0.143. The van der Waals surface area contributed by atoms with Crippen molar-refractivity contribution in [1.82, 2.24) is 10.2 Å². The van der Waals surface area contributed by atoms with Crippen molar-refractivity contribution in [2.45, 2.75) is 83.7 Å². The highest BCUT2D eigenvalue weighted by Crippen LogP contribution is 2.34. The maximum Gasteiger partial charge on any atom is 0.325 e. The van der Waals surface area contributed by atoms with E-state index in [4.69, 9.17) is 9.47 Å². The Labute approximate surface area is 232 Å². The number of unbranched alkanes of at least 4 members (excludes halogenated alkanes) is 1. The second-order valence-corrected chi connectivity index (χ2v) is 11.4. The third-order valence-corrected chi connectivity index (χ3v) is 8.29. The number of carbonyl (C=O) groups is 1. The van der Waals surface area contributed by atoms with Gasteiger partial charge in [0.15, 0.2) is 0 Å². The van der Waals surface area contributed by atoms with Gasteiger partial charge in [0.2, 0.25) is 0 Å². The first kappa shape index (κ1) is 29.5. The molecule has 1 aromatic carbocycles. The number of hydrogen-bond donors (Lipinski definition) is 2. The highest BCUT2D eigenvalue weighted by Gasteiger charge is 2.37. The van der Waals surface area contributed by atoms with Gasteiger partial charge < -0.3 is 19.9 Å². The number of nitrogens with one attached hydrogen (secondary N) is 1. The number of benzene rings is 1. The molecule has 2 fully saturated rings. The van der Waals surface area contributed by atoms with Crippen molar-refractivity contribution in [2.75, 3.05) is 32.8 Å². The standard InChI is InChI=1S/C32H45FN2O4/c1-22(10-12-25-8-6-15-34-24(25)3)7-4-5-9-30(33)26-14-16-35(18-26)31(32(36)37)29-17-23(2)11-13-27(29)19-39-28-20-38-21-28/h10-13,17,26,28,30-31,34H,1,4-9,14-16,18-21H2,2-3H3,(H,36,37)/b12-10-. The highest BCUT2D eigenvalue weighted by molar-refractivity contribution is 5.76. The minimum absolute atomic E-state index is 0.0647. The molecule has 0 spiro atoms. The number of rotatable bonds is 14. The molecule has 6 nitrogen and oxygen atoms in total. The first-order valence-electron chi connectivity index (χ1n) is 14.5. The van der Waals surface area contributed by atoms with Crippen molar-refractivity contribution in [3.05, 3.63) is 70.5 Å². The van der Waals surface area contributed by atoms with Gasteiger partial charge in [0, 0.05) is 24.7 Å². The Morgan fingerprint density at radius 2 is 2.15 bits per heavy atom. The summed E-state index contributed by atoms with van der Waals surface area (Å²) in [7, 11) is 0. The summed E-state index contributed by atoms with van der Waals surface area (Å²) >= 11 is 0. The van der Waals surface area contributed by atoms with Gasteiger partial charge in [0.1, 0.15) is 18.3 Å². The summed E-state index contributed by atoms with van der Waals surface area (Å²) < 4.78 is 26.3. The number of hydrogen-bond acceptors (Lipinski definition) is 5. The fourth-order valence-corrected chi connectivity index (χ4v) is 5.74. The molecule has 0 amide bonds. The van der Waals surface area contributed by atoms with Crippen LogP contribution in [0.15, 0.2) is 53.8 Å². The molecule has 1 aromatic rings. The van der Waals surface area contributed by atoms with E-state index >= 15 is 4.39 Å². The summed E-state index contributed by atoms with van der Waals surface area (Å²) in [5.74, 6) is -1.04. The Bertz CT molecular complexity index is 1060. The summed E-state index contributed by atoms with van der Waals surface area (Å²) in [6.45, 7) is 11.9. The van der Waals surface area contributed by atoms with Crippen molar-refractivity contribution in [3.8, 4) is 0 Å². The second-order valence-electron chi connectivity index (χ2n) is 11.4. The molecule has 3 aliphatic heterocycles. The van der Waals surface area contributed by atoms with Crippen molar-refractivity contribution in [1.29, 1.82) is 0 Å². The molecule has 3 atom stereocenters. The normalized spacial score (nSPS) is 22.1. The molecular weight excluding hydrogens is 495 g/mol. The third kappa shape index (κ3) is 8.26. The van der Waals surface area contributed by atoms with Gasteiger partial charge in [-0.2, -0.15) is 0 Å². The predicted molar refractivity (Wildman–Crippen MR) is 152 cm³/mol. The molecule has 39 heavy (non-hydrogen) atoms. The topological polar surface area (TPSA) is 71.0 Å². The first-order chi connectivity index (χ1) is 18.8. The number of carboxylic acid groups (broad SMARTS) is 1. The lowest BCUT2D eigenvalue weighted by Crippen LogP contribution is -2.36. The molecule has 3 heterocycles. The number of halogens is 1. The zero-order chi connectivity index (χ0) is 27.8. The number of likely N-dealkylation sites (tertiary alicyclic amines) is 1. The number of allylic oxidation sites excluding steroid dienone is 5. The average Bonchev–Trinajstić information content (AvgIpc) is 3.36. The maximum atomic E-state index is 15.2. The zero-order valence-electron chi connectivity index (χ0n) is 23.6. The minimum Gasteiger partial charge on any atom is -0.480 e. The fourth-order valence-electron chi connectivity index (χ4n) is 5.74. The molecule has 2 saturated heterocycles. The van der Waals surface area contributed by atoms with Crippen LogP contribution < -0.4 is 5.32 Å². The number of aryl methyl sites for hydroxylation is 1. The summed E-state index contributed by atoms with van der Waals surface area (Å²) in [6, 6.07) is 5.09. The van der Waals surface area contributed by atoms with E-state index in [0.717, 1.165) is 60.9 Å². The van der Waals surface area contributed by atoms with Gasteiger partial charge in [-0.25, -0.2) is 4.39 Å². The van der Waals surface area contributed by atoms with Crippen molar-refractivity contribution in [2.24, 2.45) is 5.92 Å². The Balaban J connectivity index is 1.26. The van der Waals surface area contributed by atoms with Crippen molar-refractivity contribution in [3.63, 3.8) is 0 Å². The average molecular weight is 541 g/mol. The van der Waals surface area contributed by atoms with Crippen LogP contribution in [-0.2, 0) is 20.9 Å². The molecule has 4 rings (SSSR count). The van der Waals surface area contributed by atoms with Crippen LogP contribution in [0.25, 0.3) is 0 Å². The van der Waals surface area contributed by atoms with Crippen LogP contribution >= 0.6 is 0 Å². The van der Waals surface area contributed by atoms with E-state index in [9.17, 15) is 9.90 Å². The highest BCUT2D eigenvalue weighted by atomic mass is 19.1. The summed E-state index contributed by atoms with van der Waals surface area (Å²) in [5, 5.41) is 13.6. The number of alkyl halides is 1. The first-order valence-corrected chi connectivity index (χ1v) is 14.5. The lowest BCUT2D eigenvalue weighted by atomic mass is 9.96.